The smallest absolute Gasteiger partial charge is 0.194 e. The molecule has 1 aromatic rings. The molecule has 0 aromatic carbocycles. The first-order valence-corrected chi connectivity index (χ1v) is 10.5. The molecule has 0 atom stereocenters. The van der Waals surface area contributed by atoms with Gasteiger partial charge in [0, 0.05) is 26.2 Å². The second-order valence-electron chi connectivity index (χ2n) is 8.22. The fraction of sp³-hybridized carbons (Fsp3) is 0.850. The maximum atomic E-state index is 4.99. The van der Waals surface area contributed by atoms with Gasteiger partial charge in [-0.05, 0) is 44.4 Å². The number of halogens is 1. The molecule has 27 heavy (non-hydrogen) atoms. The first-order valence-electron chi connectivity index (χ1n) is 10.5. The second-order valence-corrected chi connectivity index (χ2v) is 8.22. The van der Waals surface area contributed by atoms with E-state index in [1.807, 2.05) is 18.5 Å². The first kappa shape index (κ1) is 22.4. The van der Waals surface area contributed by atoms with Gasteiger partial charge in [-0.3, -0.25) is 0 Å². The van der Waals surface area contributed by atoms with Crippen molar-refractivity contribution in [3.05, 3.63) is 11.6 Å². The van der Waals surface area contributed by atoms with E-state index in [-0.39, 0.29) is 24.0 Å². The highest BCUT2D eigenvalue weighted by atomic mass is 127. The van der Waals surface area contributed by atoms with E-state index in [1.54, 1.807) is 0 Å². The van der Waals surface area contributed by atoms with Gasteiger partial charge in [0.05, 0.1) is 0 Å². The predicted molar refractivity (Wildman–Crippen MR) is 122 cm³/mol. The van der Waals surface area contributed by atoms with Crippen LogP contribution in [0.3, 0.4) is 0 Å². The predicted octanol–water partition coefficient (Wildman–Crippen LogP) is 4.03. The van der Waals surface area contributed by atoms with E-state index in [4.69, 9.17) is 4.99 Å². The van der Waals surface area contributed by atoms with Crippen LogP contribution in [0.5, 0.6) is 0 Å². The summed E-state index contributed by atoms with van der Waals surface area (Å²) in [5.41, 5.74) is 0.455. The van der Waals surface area contributed by atoms with Crippen LogP contribution < -0.4 is 5.32 Å². The van der Waals surface area contributed by atoms with E-state index in [2.05, 4.69) is 34.3 Å². The number of aromatic nitrogens is 3. The molecule has 0 bridgehead atoms. The molecule has 7 heteroatoms. The minimum atomic E-state index is 0. The third-order valence-electron chi connectivity index (χ3n) is 6.73. The van der Waals surface area contributed by atoms with Crippen molar-refractivity contribution >= 4 is 29.9 Å². The van der Waals surface area contributed by atoms with Crippen molar-refractivity contribution in [2.24, 2.45) is 17.5 Å². The Morgan fingerprint density at radius 3 is 2.44 bits per heavy atom. The van der Waals surface area contributed by atoms with Gasteiger partial charge >= 0.3 is 0 Å². The molecule has 154 valence electrons. The largest absolute Gasteiger partial charge is 0.353 e. The number of nitrogens with one attached hydrogen (secondary N) is 1. The van der Waals surface area contributed by atoms with Crippen LogP contribution in [0, 0.1) is 12.3 Å². The highest BCUT2D eigenvalue weighted by Crippen LogP contribution is 2.37. The molecular weight excluding hydrogens is 451 g/mol. The van der Waals surface area contributed by atoms with Crippen LogP contribution in [0.2, 0.25) is 0 Å². The molecule has 0 amide bonds. The van der Waals surface area contributed by atoms with Crippen LogP contribution in [0.15, 0.2) is 4.99 Å². The Bertz CT molecular complexity index is 616. The third-order valence-corrected chi connectivity index (χ3v) is 6.73. The molecule has 2 aliphatic rings. The Labute approximate surface area is 181 Å². The summed E-state index contributed by atoms with van der Waals surface area (Å²) in [6.45, 7) is 9.47. The number of aryl methyl sites for hydroxylation is 1. The molecule has 1 aliphatic carbocycles. The number of guanidine groups is 1. The molecule has 2 fully saturated rings. The van der Waals surface area contributed by atoms with Crippen LogP contribution in [-0.4, -0.2) is 44.8 Å². The van der Waals surface area contributed by atoms with Crippen molar-refractivity contribution in [3.63, 3.8) is 0 Å². The Balaban J connectivity index is 0.00000261. The standard InChI is InChI=1S/C20H36N6.HI/c1-5-20(6-2)12-13-26(15-20)19(22-17-10-8-7-9-11-17)21-14-18-24-23-16(3)25(18)4;/h17H,5-15H2,1-4H3,(H,21,22);1H. The summed E-state index contributed by atoms with van der Waals surface area (Å²) in [6.07, 6.45) is 10.3. The normalized spacial score (nSPS) is 20.6. The molecule has 0 unspecified atom stereocenters. The van der Waals surface area contributed by atoms with E-state index < -0.39 is 0 Å². The van der Waals surface area contributed by atoms with Crippen LogP contribution in [0.1, 0.15) is 76.9 Å². The van der Waals surface area contributed by atoms with Gasteiger partial charge < -0.3 is 14.8 Å². The summed E-state index contributed by atoms with van der Waals surface area (Å²) in [5, 5.41) is 12.2. The number of hydrogen-bond donors (Lipinski definition) is 1. The van der Waals surface area contributed by atoms with Gasteiger partial charge in [0.25, 0.3) is 0 Å². The van der Waals surface area contributed by atoms with E-state index >= 15 is 0 Å². The molecule has 3 rings (SSSR count). The van der Waals surface area contributed by atoms with Crippen molar-refractivity contribution in [2.75, 3.05) is 13.1 Å². The zero-order valence-electron chi connectivity index (χ0n) is 17.5. The lowest BCUT2D eigenvalue weighted by Gasteiger charge is -2.31. The van der Waals surface area contributed by atoms with E-state index in [1.165, 1.54) is 51.4 Å². The Hall–Kier alpha value is -0.860. The van der Waals surface area contributed by atoms with Gasteiger partial charge in [-0.15, -0.1) is 34.2 Å². The van der Waals surface area contributed by atoms with Crippen molar-refractivity contribution < 1.29 is 0 Å². The molecule has 1 N–H and O–H groups in total. The number of rotatable bonds is 5. The van der Waals surface area contributed by atoms with E-state index in [9.17, 15) is 0 Å². The van der Waals surface area contributed by atoms with Gasteiger partial charge in [-0.1, -0.05) is 33.1 Å². The summed E-state index contributed by atoms with van der Waals surface area (Å²) >= 11 is 0. The summed E-state index contributed by atoms with van der Waals surface area (Å²) in [4.78, 5) is 7.48. The molecule has 1 aliphatic heterocycles. The van der Waals surface area contributed by atoms with Gasteiger partial charge in [-0.25, -0.2) is 4.99 Å². The lowest BCUT2D eigenvalue weighted by Crippen LogP contribution is -2.46. The average molecular weight is 488 g/mol. The highest BCUT2D eigenvalue weighted by molar-refractivity contribution is 14.0. The van der Waals surface area contributed by atoms with Crippen LogP contribution in [0.4, 0.5) is 0 Å². The zero-order valence-corrected chi connectivity index (χ0v) is 19.8. The molecule has 1 aromatic heterocycles. The third kappa shape index (κ3) is 5.35. The van der Waals surface area contributed by atoms with Gasteiger partial charge in [0.15, 0.2) is 11.8 Å². The monoisotopic (exact) mass is 488 g/mol. The minimum Gasteiger partial charge on any atom is -0.353 e. The Morgan fingerprint density at radius 1 is 1.19 bits per heavy atom. The Kier molecular flexibility index (Phi) is 8.37. The molecule has 6 nitrogen and oxygen atoms in total. The molecule has 0 spiro atoms. The van der Waals surface area contributed by atoms with Gasteiger partial charge in [-0.2, -0.15) is 0 Å². The molecule has 0 radical (unpaired) electrons. The number of hydrogen-bond acceptors (Lipinski definition) is 3. The lowest BCUT2D eigenvalue weighted by molar-refractivity contribution is 0.274. The van der Waals surface area contributed by atoms with Gasteiger partial charge in [0.2, 0.25) is 0 Å². The number of likely N-dealkylation sites (tertiary alicyclic amines) is 1. The topological polar surface area (TPSA) is 58.3 Å². The number of nitrogens with zero attached hydrogens (tertiary/aromatic N) is 5. The average Bonchev–Trinajstić information content (AvgIpc) is 3.25. The van der Waals surface area contributed by atoms with Gasteiger partial charge in [0.1, 0.15) is 12.4 Å². The van der Waals surface area contributed by atoms with Crippen LogP contribution >= 0.6 is 24.0 Å². The quantitative estimate of drug-likeness (QED) is 0.386. The zero-order chi connectivity index (χ0) is 18.6. The van der Waals surface area contributed by atoms with Crippen LogP contribution in [-0.2, 0) is 13.6 Å². The maximum absolute atomic E-state index is 4.99. The molecular formula is C20H37IN6. The number of aliphatic imine (C=N–C) groups is 1. The lowest BCUT2D eigenvalue weighted by atomic mass is 9.82. The van der Waals surface area contributed by atoms with E-state index in [0.29, 0.717) is 18.0 Å². The van der Waals surface area contributed by atoms with Crippen molar-refractivity contribution in [3.8, 4) is 0 Å². The van der Waals surface area contributed by atoms with Crippen molar-refractivity contribution in [1.29, 1.82) is 0 Å². The van der Waals surface area contributed by atoms with Crippen LogP contribution in [0.25, 0.3) is 0 Å². The fourth-order valence-electron chi connectivity index (χ4n) is 4.34. The summed E-state index contributed by atoms with van der Waals surface area (Å²) < 4.78 is 2.04. The molecule has 2 heterocycles. The van der Waals surface area contributed by atoms with E-state index in [0.717, 1.165) is 30.7 Å². The first-order chi connectivity index (χ1) is 12.6. The Morgan fingerprint density at radius 2 is 1.89 bits per heavy atom. The van der Waals surface area contributed by atoms with Crippen molar-refractivity contribution in [1.82, 2.24) is 25.0 Å². The maximum Gasteiger partial charge on any atom is 0.194 e. The van der Waals surface area contributed by atoms with Crippen molar-refractivity contribution in [2.45, 2.75) is 84.7 Å². The summed E-state index contributed by atoms with van der Waals surface area (Å²) in [5.74, 6) is 2.96. The summed E-state index contributed by atoms with van der Waals surface area (Å²) in [6, 6.07) is 0.571. The highest BCUT2D eigenvalue weighted by Gasteiger charge is 2.36. The minimum absolute atomic E-state index is 0. The fourth-order valence-corrected chi connectivity index (χ4v) is 4.34. The molecule has 1 saturated heterocycles. The summed E-state index contributed by atoms with van der Waals surface area (Å²) in [7, 11) is 2.02. The molecule has 1 saturated carbocycles. The second kappa shape index (κ2) is 10.1. The SMILES string of the molecule is CCC1(CC)CCN(C(=NCc2nnc(C)n2C)NC2CCCCC2)C1.I.